The summed E-state index contributed by atoms with van der Waals surface area (Å²) in [5.41, 5.74) is 4.56. The summed E-state index contributed by atoms with van der Waals surface area (Å²) in [6.07, 6.45) is 2.94. The van der Waals surface area contributed by atoms with Crippen LogP contribution in [-0.4, -0.2) is 71.9 Å². The van der Waals surface area contributed by atoms with Gasteiger partial charge in [0.1, 0.15) is 25.5 Å². The van der Waals surface area contributed by atoms with Crippen LogP contribution in [-0.2, 0) is 40.5 Å². The predicted octanol–water partition coefficient (Wildman–Crippen LogP) is -8.00. The van der Waals surface area contributed by atoms with Gasteiger partial charge in [-0.3, -0.25) is 9.11 Å². The summed E-state index contributed by atoms with van der Waals surface area (Å²) in [7, 11) is -22.8. The number of allylic oxidation sites excluding steroid dienone is 4. The van der Waals surface area contributed by atoms with Gasteiger partial charge < -0.3 is 14.8 Å². The Kier molecular flexibility index (Phi) is 10.3. The molecule has 0 aromatic rings. The molecule has 32 heavy (non-hydrogen) atoms. The van der Waals surface area contributed by atoms with Crippen molar-refractivity contribution in [3.05, 3.63) is 48.2 Å². The second kappa shape index (κ2) is 10.2. The fourth-order valence-electron chi connectivity index (χ4n) is 3.52. The standard InChI is InChI=1S/C13H17NO12S4.2Na/c14-9-4-3-6-11(28(18,19)20)13(9,30(24,25)26)8-12(29(21,22)23)7-2-1-5-10(12)27(15,16)17;;/h1-7,10-11H,8,14H2,(H,15,16,17)(H,18,19,20)(H,21,22,23)(H,24,25,26);;/q;2*+1/p-2. The van der Waals surface area contributed by atoms with Gasteiger partial charge in [0, 0.05) is 12.1 Å². The van der Waals surface area contributed by atoms with Gasteiger partial charge in [-0.2, -0.15) is 16.8 Å². The molecule has 0 bridgehead atoms. The van der Waals surface area contributed by atoms with Crippen LogP contribution < -0.4 is 64.8 Å². The number of rotatable bonds is 6. The number of nitrogens with two attached hydrogens (primary N) is 1. The van der Waals surface area contributed by atoms with Crippen LogP contribution >= 0.6 is 0 Å². The Hall–Kier alpha value is 0.400. The van der Waals surface area contributed by atoms with Crippen molar-refractivity contribution in [2.45, 2.75) is 26.4 Å². The Bertz CT molecular complexity index is 1300. The summed E-state index contributed by atoms with van der Waals surface area (Å²) >= 11 is 0. The first-order chi connectivity index (χ1) is 13.3. The molecule has 0 aliphatic heterocycles. The zero-order chi connectivity index (χ0) is 23.4. The Labute approximate surface area is 229 Å². The molecule has 0 saturated heterocycles. The maximum atomic E-state index is 12.3. The molecule has 0 radical (unpaired) electrons. The fraction of sp³-hybridized carbons (Fsp3) is 0.385. The summed E-state index contributed by atoms with van der Waals surface area (Å²) in [5, 5.41) is -5.34. The van der Waals surface area contributed by atoms with Crippen LogP contribution in [0, 0.1) is 0 Å². The van der Waals surface area contributed by atoms with Gasteiger partial charge in [0.2, 0.25) is 0 Å². The molecular formula is C13H15NNa2O12S4. The van der Waals surface area contributed by atoms with E-state index in [1.54, 1.807) is 0 Å². The summed E-state index contributed by atoms with van der Waals surface area (Å²) in [5.74, 6) is 0. The molecule has 4 N–H and O–H groups in total. The van der Waals surface area contributed by atoms with Gasteiger partial charge in [0.15, 0.2) is 4.75 Å². The Morgan fingerprint density at radius 1 is 0.875 bits per heavy atom. The molecular weight excluding hydrogens is 536 g/mol. The monoisotopic (exact) mass is 551 g/mol. The van der Waals surface area contributed by atoms with E-state index in [2.05, 4.69) is 0 Å². The van der Waals surface area contributed by atoms with Gasteiger partial charge in [-0.1, -0.05) is 36.5 Å². The molecule has 4 unspecified atom stereocenters. The average Bonchev–Trinajstić information content (AvgIpc) is 2.53. The average molecular weight is 552 g/mol. The van der Waals surface area contributed by atoms with Crippen molar-refractivity contribution >= 4 is 40.5 Å². The first kappa shape index (κ1) is 32.4. The largest absolute Gasteiger partial charge is 1.00 e. The van der Waals surface area contributed by atoms with Crippen molar-refractivity contribution in [2.75, 3.05) is 0 Å². The van der Waals surface area contributed by atoms with Crippen molar-refractivity contribution in [3.8, 4) is 0 Å². The number of hydrogen-bond acceptors (Lipinski definition) is 11. The molecule has 0 saturated carbocycles. The third-order valence-electron chi connectivity index (χ3n) is 4.86. The van der Waals surface area contributed by atoms with Gasteiger partial charge >= 0.3 is 59.1 Å². The summed E-state index contributed by atoms with van der Waals surface area (Å²) in [6, 6.07) is 0. The van der Waals surface area contributed by atoms with Crippen LogP contribution in [0.1, 0.15) is 6.42 Å². The van der Waals surface area contributed by atoms with E-state index >= 15 is 0 Å². The fourth-order valence-corrected chi connectivity index (χ4v) is 9.14. The predicted molar refractivity (Wildman–Crippen MR) is 99.8 cm³/mol. The summed E-state index contributed by atoms with van der Waals surface area (Å²) < 4.78 is 133. The quantitative estimate of drug-likeness (QED) is 0.205. The van der Waals surface area contributed by atoms with Crippen molar-refractivity contribution in [1.82, 2.24) is 0 Å². The van der Waals surface area contributed by atoms with Crippen molar-refractivity contribution in [2.24, 2.45) is 5.73 Å². The van der Waals surface area contributed by atoms with E-state index in [1.165, 1.54) is 0 Å². The van der Waals surface area contributed by atoms with Gasteiger partial charge in [-0.15, -0.1) is 0 Å². The third-order valence-corrected chi connectivity index (χ3v) is 10.6. The molecule has 19 heteroatoms. The zero-order valence-corrected chi connectivity index (χ0v) is 23.9. The van der Waals surface area contributed by atoms with Crippen LogP contribution in [0.2, 0.25) is 0 Å². The minimum atomic E-state index is -5.94. The first-order valence-corrected chi connectivity index (χ1v) is 13.5. The van der Waals surface area contributed by atoms with Crippen LogP contribution in [0.4, 0.5) is 0 Å². The molecule has 0 spiro atoms. The Morgan fingerprint density at radius 2 is 1.38 bits per heavy atom. The van der Waals surface area contributed by atoms with Gasteiger partial charge in [-0.05, 0) is 6.08 Å². The molecule has 0 heterocycles. The smallest absolute Gasteiger partial charge is 0.747 e. The maximum Gasteiger partial charge on any atom is 1.00 e. The zero-order valence-electron chi connectivity index (χ0n) is 16.6. The van der Waals surface area contributed by atoms with Crippen molar-refractivity contribution < 1.29 is 111 Å². The van der Waals surface area contributed by atoms with E-state index < -0.39 is 72.6 Å². The molecule has 13 nitrogen and oxygen atoms in total. The molecule has 2 rings (SSSR count). The second-order valence-electron chi connectivity index (χ2n) is 6.55. The first-order valence-electron chi connectivity index (χ1n) is 7.65. The van der Waals surface area contributed by atoms with E-state index in [4.69, 9.17) is 5.73 Å². The van der Waals surface area contributed by atoms with E-state index in [1.807, 2.05) is 0 Å². The van der Waals surface area contributed by atoms with Crippen LogP contribution in [0.5, 0.6) is 0 Å². The number of hydrogen-bond donors (Lipinski definition) is 3. The van der Waals surface area contributed by atoms with E-state index in [-0.39, 0.29) is 59.1 Å². The molecule has 0 fully saturated rings. The van der Waals surface area contributed by atoms with Gasteiger partial charge in [-0.25, -0.2) is 16.8 Å². The Morgan fingerprint density at radius 3 is 1.78 bits per heavy atom. The van der Waals surface area contributed by atoms with E-state index in [9.17, 15) is 51.9 Å². The molecule has 0 amide bonds. The minimum absolute atomic E-state index is 0. The van der Waals surface area contributed by atoms with Crippen LogP contribution in [0.3, 0.4) is 0 Å². The summed E-state index contributed by atoms with van der Waals surface area (Å²) in [6.45, 7) is 0. The third kappa shape index (κ3) is 5.62. The van der Waals surface area contributed by atoms with Crippen LogP contribution in [0.25, 0.3) is 0 Å². The topological polar surface area (TPSA) is 249 Å². The van der Waals surface area contributed by atoms with E-state index in [0.29, 0.717) is 18.2 Å². The molecule has 0 aromatic carbocycles. The van der Waals surface area contributed by atoms with E-state index in [0.717, 1.165) is 24.3 Å². The van der Waals surface area contributed by atoms with Gasteiger partial charge in [0.05, 0.1) is 10.00 Å². The van der Waals surface area contributed by atoms with Crippen molar-refractivity contribution in [3.63, 3.8) is 0 Å². The molecule has 2 aliphatic carbocycles. The Balaban J connectivity index is 0.00000480. The molecule has 0 aromatic heterocycles. The molecule has 2 aliphatic rings. The second-order valence-corrected chi connectivity index (χ2v) is 12.9. The van der Waals surface area contributed by atoms with Crippen molar-refractivity contribution in [1.29, 1.82) is 0 Å². The van der Waals surface area contributed by atoms with Gasteiger partial charge in [0.25, 0.3) is 20.2 Å². The maximum absolute atomic E-state index is 12.3. The molecule has 4 atom stereocenters. The summed E-state index contributed by atoms with van der Waals surface area (Å²) in [4.78, 5) is 0. The normalized spacial score (nSPS) is 30.7. The SMILES string of the molecule is NC1=CC=CC(S(=O)(=O)O)C1(CC1(S(=O)(=O)[O-])C=CC=CC1S(=O)(=O)[O-])S(=O)(=O)O.[Na+].[Na+]. The molecule has 170 valence electrons. The minimum Gasteiger partial charge on any atom is -0.747 e. The van der Waals surface area contributed by atoms with Crippen LogP contribution in [0.15, 0.2) is 48.2 Å².